The van der Waals surface area contributed by atoms with E-state index in [-0.39, 0.29) is 37.4 Å². The van der Waals surface area contributed by atoms with E-state index in [1.165, 1.54) is 0 Å². The fraction of sp³-hybridized carbons (Fsp3) is 0.514. The van der Waals surface area contributed by atoms with Gasteiger partial charge in [-0.1, -0.05) is 43.2 Å². The third-order valence-corrected chi connectivity index (χ3v) is 9.22. The normalized spacial score (nSPS) is 25.2. The lowest BCUT2D eigenvalue weighted by Gasteiger charge is -2.29. The molecule has 0 spiro atoms. The molecule has 5 atom stereocenters. The van der Waals surface area contributed by atoms with Crippen molar-refractivity contribution in [1.29, 1.82) is 0 Å². The number of aromatic nitrogens is 1. The molecule has 2 aliphatic heterocycles. The molecule has 3 aromatic rings. The molecule has 0 bridgehead atoms. The Labute approximate surface area is 282 Å². The Bertz CT molecular complexity index is 1630. The first-order valence-corrected chi connectivity index (χ1v) is 17.1. The molecule has 0 radical (unpaired) electrons. The second-order valence-corrected chi connectivity index (χ2v) is 14.1. The fourth-order valence-corrected chi connectivity index (χ4v) is 6.66. The SMILES string of the molecule is COc1ccc2c(O[C@@H]3C[C@H]4C(=O)N[C@@H]5C[C@H]5CCCCCNC[C@H](NC(=O)OC(C)(C)C)C(=O)N4C3)nc(-c3ccccc3)cc2c1. The molecular formula is C37H47N5O6. The van der Waals surface area contributed by atoms with E-state index in [4.69, 9.17) is 19.2 Å². The number of pyridine rings is 1. The number of alkyl carbamates (subject to hydrolysis) is 1. The summed E-state index contributed by atoms with van der Waals surface area (Å²) in [5, 5.41) is 11.0. The van der Waals surface area contributed by atoms with Gasteiger partial charge in [0.05, 0.1) is 19.3 Å². The number of hydrogen-bond acceptors (Lipinski definition) is 8. The average molecular weight is 658 g/mol. The molecule has 1 aromatic heterocycles. The largest absolute Gasteiger partial charge is 0.497 e. The number of fused-ring (bicyclic) bond motifs is 3. The molecule has 3 aliphatic rings. The van der Waals surface area contributed by atoms with Gasteiger partial charge in [-0.3, -0.25) is 9.59 Å². The summed E-state index contributed by atoms with van der Waals surface area (Å²) in [7, 11) is 1.63. The lowest BCUT2D eigenvalue weighted by Crippen LogP contribution is -2.57. The van der Waals surface area contributed by atoms with Crippen LogP contribution in [0.3, 0.4) is 0 Å². The minimum absolute atomic E-state index is 0.122. The van der Waals surface area contributed by atoms with Crippen molar-refractivity contribution in [3.63, 3.8) is 0 Å². The first kappa shape index (κ1) is 33.5. The molecule has 2 saturated heterocycles. The zero-order valence-corrected chi connectivity index (χ0v) is 28.3. The quantitative estimate of drug-likeness (QED) is 0.356. The maximum absolute atomic E-state index is 14.3. The highest BCUT2D eigenvalue weighted by molar-refractivity contribution is 5.93. The number of nitrogens with zero attached hydrogens (tertiary/aromatic N) is 2. The van der Waals surface area contributed by atoms with Gasteiger partial charge >= 0.3 is 6.09 Å². The molecule has 1 saturated carbocycles. The summed E-state index contributed by atoms with van der Waals surface area (Å²) in [6.45, 7) is 6.42. The van der Waals surface area contributed by atoms with E-state index in [9.17, 15) is 14.4 Å². The van der Waals surface area contributed by atoms with Crippen molar-refractivity contribution < 1.29 is 28.6 Å². The molecule has 3 amide bonds. The second-order valence-electron chi connectivity index (χ2n) is 14.1. The number of nitrogens with one attached hydrogen (secondary N) is 3. The van der Waals surface area contributed by atoms with Gasteiger partial charge in [0.1, 0.15) is 29.5 Å². The number of hydrogen-bond donors (Lipinski definition) is 3. The topological polar surface area (TPSA) is 131 Å². The molecule has 3 N–H and O–H groups in total. The maximum Gasteiger partial charge on any atom is 0.408 e. The van der Waals surface area contributed by atoms with Crippen LogP contribution in [0.1, 0.15) is 59.3 Å². The van der Waals surface area contributed by atoms with Gasteiger partial charge in [0.15, 0.2) is 0 Å². The zero-order valence-electron chi connectivity index (χ0n) is 28.3. The molecule has 6 rings (SSSR count). The first-order chi connectivity index (χ1) is 23.1. The van der Waals surface area contributed by atoms with Crippen molar-refractivity contribution in [2.75, 3.05) is 26.7 Å². The summed E-state index contributed by atoms with van der Waals surface area (Å²) >= 11 is 0. The highest BCUT2D eigenvalue weighted by atomic mass is 16.6. The lowest BCUT2D eigenvalue weighted by atomic mass is 10.1. The summed E-state index contributed by atoms with van der Waals surface area (Å²) in [5.41, 5.74) is 0.938. The number of carbonyl (C=O) groups is 3. The highest BCUT2D eigenvalue weighted by Crippen LogP contribution is 2.37. The van der Waals surface area contributed by atoms with Gasteiger partial charge in [-0.25, -0.2) is 9.78 Å². The van der Waals surface area contributed by atoms with Crippen LogP contribution in [-0.2, 0) is 14.3 Å². The summed E-state index contributed by atoms with van der Waals surface area (Å²) < 4.78 is 17.6. The van der Waals surface area contributed by atoms with E-state index < -0.39 is 29.9 Å². The summed E-state index contributed by atoms with van der Waals surface area (Å²) in [5.74, 6) is 1.05. The lowest BCUT2D eigenvalue weighted by molar-refractivity contribution is -0.140. The van der Waals surface area contributed by atoms with Crippen LogP contribution < -0.4 is 25.4 Å². The second kappa shape index (κ2) is 14.4. The Morgan fingerprint density at radius 1 is 1.02 bits per heavy atom. The molecule has 2 aromatic carbocycles. The maximum atomic E-state index is 14.3. The number of rotatable bonds is 5. The Hall–Kier alpha value is -4.38. The number of methoxy groups -OCH3 is 1. The predicted octanol–water partition coefficient (Wildman–Crippen LogP) is 4.82. The first-order valence-electron chi connectivity index (χ1n) is 17.1. The van der Waals surface area contributed by atoms with Crippen LogP contribution >= 0.6 is 0 Å². The highest BCUT2D eigenvalue weighted by Gasteiger charge is 2.46. The van der Waals surface area contributed by atoms with Crippen LogP contribution in [0.5, 0.6) is 11.6 Å². The molecular weight excluding hydrogens is 610 g/mol. The van der Waals surface area contributed by atoms with Crippen LogP contribution in [0.2, 0.25) is 0 Å². The van der Waals surface area contributed by atoms with Crippen molar-refractivity contribution >= 4 is 28.7 Å². The molecule has 48 heavy (non-hydrogen) atoms. The third kappa shape index (κ3) is 8.18. The van der Waals surface area contributed by atoms with E-state index in [0.29, 0.717) is 17.5 Å². The smallest absolute Gasteiger partial charge is 0.408 e. The Morgan fingerprint density at radius 2 is 1.83 bits per heavy atom. The fourth-order valence-electron chi connectivity index (χ4n) is 6.66. The van der Waals surface area contributed by atoms with E-state index >= 15 is 0 Å². The zero-order chi connectivity index (χ0) is 33.8. The van der Waals surface area contributed by atoms with Crippen LogP contribution in [0, 0.1) is 5.92 Å². The third-order valence-electron chi connectivity index (χ3n) is 9.22. The molecule has 0 unspecified atom stereocenters. The summed E-state index contributed by atoms with van der Waals surface area (Å²) in [6.07, 6.45) is 4.25. The van der Waals surface area contributed by atoms with Gasteiger partial charge < -0.3 is 35.1 Å². The number of benzene rings is 2. The minimum Gasteiger partial charge on any atom is -0.497 e. The predicted molar refractivity (Wildman–Crippen MR) is 183 cm³/mol. The molecule has 11 heteroatoms. The van der Waals surface area contributed by atoms with E-state index in [0.717, 1.165) is 60.7 Å². The number of amides is 3. The van der Waals surface area contributed by atoms with Crippen LogP contribution in [0.4, 0.5) is 4.79 Å². The van der Waals surface area contributed by atoms with Crippen molar-refractivity contribution in [2.45, 2.75) is 89.1 Å². The molecule has 1 aliphatic carbocycles. The number of ether oxygens (including phenoxy) is 3. The van der Waals surface area contributed by atoms with Crippen LogP contribution in [0.25, 0.3) is 22.0 Å². The van der Waals surface area contributed by atoms with Gasteiger partial charge in [-0.2, -0.15) is 0 Å². The van der Waals surface area contributed by atoms with Crippen molar-refractivity contribution in [3.05, 3.63) is 54.6 Å². The number of carbonyl (C=O) groups excluding carboxylic acids is 3. The van der Waals surface area contributed by atoms with Gasteiger partial charge in [0.2, 0.25) is 17.7 Å². The van der Waals surface area contributed by atoms with E-state index in [2.05, 4.69) is 16.0 Å². The standard InChI is InChI=1S/C37H47N5O6/c1-37(2,3)48-36(45)41-31-21-38-16-10-6-9-13-24-18-30(24)39-33(43)32-20-27(22-42(32)35(31)44)47-34-28-15-14-26(46-4)17-25(28)19-29(40-34)23-11-7-5-8-12-23/h5,7-8,11-12,14-15,17,19,24,27,30-32,38H,6,9-10,13,16,18,20-22H2,1-4H3,(H,39,43)(H,41,45)/t24-,27-,30-,31+,32+/m1/s1. The summed E-state index contributed by atoms with van der Waals surface area (Å²) in [4.78, 5) is 47.5. The average Bonchev–Trinajstić information content (AvgIpc) is 3.65. The Kier molecular flexibility index (Phi) is 10.1. The van der Waals surface area contributed by atoms with E-state index in [1.807, 2.05) is 54.6 Å². The summed E-state index contributed by atoms with van der Waals surface area (Å²) in [6, 6.07) is 16.0. The Balaban J connectivity index is 1.30. The van der Waals surface area contributed by atoms with Gasteiger partial charge in [-0.15, -0.1) is 0 Å². The Morgan fingerprint density at radius 3 is 2.60 bits per heavy atom. The van der Waals surface area contributed by atoms with Crippen molar-refractivity contribution in [2.24, 2.45) is 5.92 Å². The van der Waals surface area contributed by atoms with Crippen molar-refractivity contribution in [3.8, 4) is 22.9 Å². The van der Waals surface area contributed by atoms with E-state index in [1.54, 1.807) is 32.8 Å². The molecule has 3 heterocycles. The van der Waals surface area contributed by atoms with Crippen LogP contribution in [-0.4, -0.2) is 84.4 Å². The van der Waals surface area contributed by atoms with Gasteiger partial charge in [0.25, 0.3) is 0 Å². The minimum atomic E-state index is -0.930. The van der Waals surface area contributed by atoms with Crippen LogP contribution in [0.15, 0.2) is 54.6 Å². The van der Waals surface area contributed by atoms with Crippen molar-refractivity contribution in [1.82, 2.24) is 25.8 Å². The van der Waals surface area contributed by atoms with Gasteiger partial charge in [0, 0.05) is 30.0 Å². The molecule has 3 fully saturated rings. The van der Waals surface area contributed by atoms with Gasteiger partial charge in [-0.05, 0) is 82.1 Å². The molecule has 256 valence electrons. The molecule has 11 nitrogen and oxygen atoms in total. The monoisotopic (exact) mass is 657 g/mol.